The molecule has 112 valence electrons. The Balaban J connectivity index is 2.13. The van der Waals surface area contributed by atoms with Crippen molar-refractivity contribution in [1.82, 2.24) is 14.0 Å². The van der Waals surface area contributed by atoms with E-state index in [-0.39, 0.29) is 17.3 Å². The topological polar surface area (TPSA) is 76.6 Å². The van der Waals surface area contributed by atoms with Crippen LogP contribution in [0.5, 0.6) is 0 Å². The predicted octanol–water partition coefficient (Wildman–Crippen LogP) is 2.46. The maximum Gasteiger partial charge on any atom is 0.352 e. The van der Waals surface area contributed by atoms with Crippen molar-refractivity contribution in [1.29, 1.82) is 0 Å². The van der Waals surface area contributed by atoms with Gasteiger partial charge in [-0.3, -0.25) is 9.20 Å². The molecule has 1 aliphatic rings. The largest absolute Gasteiger partial charge is 0.477 e. The third kappa shape index (κ3) is 1.76. The first kappa shape index (κ1) is 13.1. The zero-order valence-corrected chi connectivity index (χ0v) is 11.9. The number of rotatable bonds is 2. The van der Waals surface area contributed by atoms with Crippen molar-refractivity contribution < 1.29 is 9.90 Å². The van der Waals surface area contributed by atoms with Gasteiger partial charge in [0.05, 0.1) is 5.39 Å². The van der Waals surface area contributed by atoms with Crippen LogP contribution in [-0.4, -0.2) is 25.0 Å². The molecule has 0 aliphatic heterocycles. The molecule has 3 aromatic heterocycles. The maximum absolute atomic E-state index is 12.6. The van der Waals surface area contributed by atoms with Gasteiger partial charge in [0.25, 0.3) is 5.56 Å². The van der Waals surface area contributed by atoms with E-state index in [1.54, 1.807) is 22.9 Å². The summed E-state index contributed by atoms with van der Waals surface area (Å²) in [7, 11) is 0. The van der Waals surface area contributed by atoms with Crippen molar-refractivity contribution in [2.24, 2.45) is 0 Å². The summed E-state index contributed by atoms with van der Waals surface area (Å²) in [6.07, 6.45) is 5.67. The molecule has 6 heteroatoms. The van der Waals surface area contributed by atoms with E-state index in [0.717, 1.165) is 25.7 Å². The van der Waals surface area contributed by atoms with Crippen LogP contribution in [0.15, 0.2) is 35.3 Å². The van der Waals surface area contributed by atoms with E-state index < -0.39 is 5.97 Å². The highest BCUT2D eigenvalue weighted by atomic mass is 16.4. The molecular formula is C16H15N3O3. The molecule has 1 saturated carbocycles. The van der Waals surface area contributed by atoms with Crippen molar-refractivity contribution >= 4 is 22.6 Å². The van der Waals surface area contributed by atoms with Crippen LogP contribution >= 0.6 is 0 Å². The molecule has 0 spiro atoms. The molecule has 1 fully saturated rings. The van der Waals surface area contributed by atoms with E-state index in [4.69, 9.17) is 0 Å². The van der Waals surface area contributed by atoms with E-state index in [1.165, 1.54) is 10.5 Å². The van der Waals surface area contributed by atoms with E-state index in [2.05, 4.69) is 4.98 Å². The van der Waals surface area contributed by atoms with E-state index in [1.807, 2.05) is 6.07 Å². The molecule has 6 nitrogen and oxygen atoms in total. The average Bonchev–Trinajstić information content (AvgIpc) is 3.14. The lowest BCUT2D eigenvalue weighted by atomic mass is 10.2. The summed E-state index contributed by atoms with van der Waals surface area (Å²) < 4.78 is 3.20. The van der Waals surface area contributed by atoms with Crippen LogP contribution in [-0.2, 0) is 0 Å². The van der Waals surface area contributed by atoms with Gasteiger partial charge in [-0.05, 0) is 31.0 Å². The van der Waals surface area contributed by atoms with Crippen LogP contribution in [0.25, 0.3) is 16.7 Å². The SMILES string of the molecule is O=C(O)c1cc2c(=O)n3ccccc3nc2n1C1CCCC1. The quantitative estimate of drug-likeness (QED) is 0.788. The zero-order valence-electron chi connectivity index (χ0n) is 11.9. The molecule has 0 saturated heterocycles. The smallest absolute Gasteiger partial charge is 0.352 e. The third-order valence-corrected chi connectivity index (χ3v) is 4.43. The highest BCUT2D eigenvalue weighted by Crippen LogP contribution is 2.33. The summed E-state index contributed by atoms with van der Waals surface area (Å²) in [5.74, 6) is -1.02. The highest BCUT2D eigenvalue weighted by molar-refractivity contribution is 5.93. The molecule has 1 aliphatic carbocycles. The fourth-order valence-corrected chi connectivity index (χ4v) is 3.42. The number of aromatic carboxylic acids is 1. The monoisotopic (exact) mass is 297 g/mol. The Morgan fingerprint density at radius 1 is 1.27 bits per heavy atom. The van der Waals surface area contributed by atoms with Gasteiger partial charge in [0.2, 0.25) is 0 Å². The Hall–Kier alpha value is -2.63. The Morgan fingerprint density at radius 3 is 2.77 bits per heavy atom. The van der Waals surface area contributed by atoms with Gasteiger partial charge in [-0.2, -0.15) is 0 Å². The van der Waals surface area contributed by atoms with Crippen LogP contribution in [0, 0.1) is 0 Å². The molecule has 0 amide bonds. The Bertz CT molecular complexity index is 948. The van der Waals surface area contributed by atoms with Gasteiger partial charge in [-0.25, -0.2) is 9.78 Å². The summed E-state index contributed by atoms with van der Waals surface area (Å²) in [5, 5.41) is 9.87. The van der Waals surface area contributed by atoms with Crippen molar-refractivity contribution in [3.8, 4) is 0 Å². The summed E-state index contributed by atoms with van der Waals surface area (Å²) in [6, 6.07) is 6.90. The summed E-state index contributed by atoms with van der Waals surface area (Å²) in [5.41, 5.74) is 0.956. The van der Waals surface area contributed by atoms with Crippen LogP contribution in [0.1, 0.15) is 42.2 Å². The maximum atomic E-state index is 12.6. The summed E-state index contributed by atoms with van der Waals surface area (Å²) >= 11 is 0. The van der Waals surface area contributed by atoms with Crippen LogP contribution < -0.4 is 5.56 Å². The standard InChI is InChI=1S/C16H15N3O3/c20-15-11-9-12(16(21)22)19(10-5-1-2-6-10)14(11)17-13-7-3-4-8-18(13)15/h3-4,7-10H,1-2,5-6H2,(H,21,22). The van der Waals surface area contributed by atoms with Crippen molar-refractivity contribution in [2.45, 2.75) is 31.7 Å². The minimum Gasteiger partial charge on any atom is -0.477 e. The summed E-state index contributed by atoms with van der Waals surface area (Å²) in [4.78, 5) is 28.8. The number of hydrogen-bond acceptors (Lipinski definition) is 3. The second-order valence-electron chi connectivity index (χ2n) is 5.73. The molecule has 4 rings (SSSR count). The number of pyridine rings is 1. The highest BCUT2D eigenvalue weighted by Gasteiger charge is 2.26. The first-order valence-corrected chi connectivity index (χ1v) is 7.42. The minimum absolute atomic E-state index is 0.113. The Labute approximate surface area is 125 Å². The lowest BCUT2D eigenvalue weighted by Gasteiger charge is -2.15. The third-order valence-electron chi connectivity index (χ3n) is 4.43. The molecule has 3 heterocycles. The van der Waals surface area contributed by atoms with Crippen LogP contribution in [0.3, 0.4) is 0 Å². The van der Waals surface area contributed by atoms with Gasteiger partial charge in [0, 0.05) is 12.2 Å². The number of carboxylic acid groups (broad SMARTS) is 1. The second-order valence-corrected chi connectivity index (χ2v) is 5.73. The normalized spacial score (nSPS) is 15.8. The van der Waals surface area contributed by atoms with E-state index in [0.29, 0.717) is 16.7 Å². The number of carbonyl (C=O) groups is 1. The fourth-order valence-electron chi connectivity index (χ4n) is 3.42. The Morgan fingerprint density at radius 2 is 2.05 bits per heavy atom. The van der Waals surface area contributed by atoms with Crippen molar-refractivity contribution in [3.05, 3.63) is 46.5 Å². The predicted molar refractivity (Wildman–Crippen MR) is 81.4 cm³/mol. The second kappa shape index (κ2) is 4.69. The number of hydrogen-bond donors (Lipinski definition) is 1. The number of carboxylic acids is 1. The van der Waals surface area contributed by atoms with E-state index >= 15 is 0 Å². The van der Waals surface area contributed by atoms with Gasteiger partial charge in [0.1, 0.15) is 17.0 Å². The summed E-state index contributed by atoms with van der Waals surface area (Å²) in [6.45, 7) is 0. The lowest BCUT2D eigenvalue weighted by molar-refractivity contribution is 0.0683. The Kier molecular flexibility index (Phi) is 2.79. The molecule has 0 unspecified atom stereocenters. The number of aromatic nitrogens is 3. The first-order chi connectivity index (χ1) is 10.7. The number of nitrogens with zero attached hydrogens (tertiary/aromatic N) is 3. The average molecular weight is 297 g/mol. The fraction of sp³-hybridized carbons (Fsp3) is 0.312. The van der Waals surface area contributed by atoms with Gasteiger partial charge in [0.15, 0.2) is 0 Å². The lowest BCUT2D eigenvalue weighted by Crippen LogP contribution is -2.16. The molecule has 1 N–H and O–H groups in total. The van der Waals surface area contributed by atoms with Crippen LogP contribution in [0.4, 0.5) is 0 Å². The van der Waals surface area contributed by atoms with Crippen molar-refractivity contribution in [2.75, 3.05) is 0 Å². The molecule has 0 aromatic carbocycles. The van der Waals surface area contributed by atoms with Crippen LogP contribution in [0.2, 0.25) is 0 Å². The molecule has 0 atom stereocenters. The molecular weight excluding hydrogens is 282 g/mol. The van der Waals surface area contributed by atoms with Gasteiger partial charge < -0.3 is 9.67 Å². The molecule has 0 bridgehead atoms. The van der Waals surface area contributed by atoms with Gasteiger partial charge in [-0.15, -0.1) is 0 Å². The van der Waals surface area contributed by atoms with Gasteiger partial charge in [-0.1, -0.05) is 18.9 Å². The van der Waals surface area contributed by atoms with Crippen molar-refractivity contribution in [3.63, 3.8) is 0 Å². The number of fused-ring (bicyclic) bond motifs is 2. The molecule has 0 radical (unpaired) electrons. The molecule has 3 aromatic rings. The zero-order chi connectivity index (χ0) is 15.3. The van der Waals surface area contributed by atoms with E-state index in [9.17, 15) is 14.7 Å². The minimum atomic E-state index is -1.02. The van der Waals surface area contributed by atoms with Gasteiger partial charge >= 0.3 is 5.97 Å². The first-order valence-electron chi connectivity index (χ1n) is 7.42. The molecule has 22 heavy (non-hydrogen) atoms.